The monoisotopic (exact) mass is 396 g/mol. The summed E-state index contributed by atoms with van der Waals surface area (Å²) >= 11 is 0. The molecule has 2 heterocycles. The van der Waals surface area contributed by atoms with Gasteiger partial charge in [-0.15, -0.1) is 0 Å². The van der Waals surface area contributed by atoms with Crippen molar-refractivity contribution in [2.75, 3.05) is 32.8 Å². The maximum Gasteiger partial charge on any atom is 0.338 e. The van der Waals surface area contributed by atoms with E-state index in [0.29, 0.717) is 26.2 Å². The number of hydrogen-bond donors (Lipinski definition) is 1. The van der Waals surface area contributed by atoms with E-state index in [0.717, 1.165) is 25.7 Å². The molecule has 9 heteroatoms. The summed E-state index contributed by atoms with van der Waals surface area (Å²) in [6.45, 7) is 1.64. The van der Waals surface area contributed by atoms with Gasteiger partial charge in [0.15, 0.2) is 6.61 Å². The Morgan fingerprint density at radius 1 is 1.22 bits per heavy atom. The molecule has 0 saturated carbocycles. The molecular formula is C18H24N2O6S. The Morgan fingerprint density at radius 2 is 2.00 bits per heavy atom. The van der Waals surface area contributed by atoms with Gasteiger partial charge in [0.05, 0.1) is 16.6 Å². The molecule has 0 radical (unpaired) electrons. The minimum atomic E-state index is -3.61. The van der Waals surface area contributed by atoms with Crippen LogP contribution < -0.4 is 5.32 Å². The minimum absolute atomic E-state index is 0.0112. The van der Waals surface area contributed by atoms with Crippen molar-refractivity contribution in [2.45, 2.75) is 36.7 Å². The number of ether oxygens (including phenoxy) is 2. The van der Waals surface area contributed by atoms with Gasteiger partial charge in [0.25, 0.3) is 5.91 Å². The number of sulfonamides is 1. The molecule has 3 rings (SSSR count). The van der Waals surface area contributed by atoms with E-state index < -0.39 is 28.5 Å². The predicted molar refractivity (Wildman–Crippen MR) is 96.7 cm³/mol. The maximum atomic E-state index is 12.6. The highest BCUT2D eigenvalue weighted by Gasteiger charge is 2.27. The molecule has 0 aromatic heterocycles. The van der Waals surface area contributed by atoms with E-state index >= 15 is 0 Å². The zero-order chi connectivity index (χ0) is 19.3. The average Bonchev–Trinajstić information content (AvgIpc) is 3.38. The number of esters is 1. The van der Waals surface area contributed by atoms with Gasteiger partial charge in [-0.2, -0.15) is 4.31 Å². The Morgan fingerprint density at radius 3 is 2.70 bits per heavy atom. The number of amides is 1. The van der Waals surface area contributed by atoms with Gasteiger partial charge in [-0.05, 0) is 43.9 Å². The Balaban J connectivity index is 1.54. The number of carbonyl (C=O) groups is 2. The standard InChI is InChI=1S/C18H24N2O6S/c21-17(19-12-15-6-4-10-25-15)13-26-18(22)14-5-3-7-16(11-14)27(23,24)20-8-1-2-9-20/h3,5,7,11,15H,1-2,4,6,8-10,12-13H2,(H,19,21)/t15-/m1/s1. The summed E-state index contributed by atoms with van der Waals surface area (Å²) in [5.41, 5.74) is 0.0993. The van der Waals surface area contributed by atoms with Gasteiger partial charge >= 0.3 is 5.97 Å². The molecule has 0 spiro atoms. The summed E-state index contributed by atoms with van der Waals surface area (Å²) in [5.74, 6) is -1.15. The Hall–Kier alpha value is -1.97. The largest absolute Gasteiger partial charge is 0.452 e. The molecule has 2 aliphatic heterocycles. The van der Waals surface area contributed by atoms with Crippen LogP contribution in [0, 0.1) is 0 Å². The summed E-state index contributed by atoms with van der Waals surface area (Å²) in [5, 5.41) is 2.66. The first-order chi connectivity index (χ1) is 13.0. The summed E-state index contributed by atoms with van der Waals surface area (Å²) < 4.78 is 37.0. The van der Waals surface area contributed by atoms with Gasteiger partial charge in [0.1, 0.15) is 0 Å². The van der Waals surface area contributed by atoms with Crippen LogP contribution in [0.25, 0.3) is 0 Å². The van der Waals surface area contributed by atoms with Crippen LogP contribution in [0.5, 0.6) is 0 Å². The number of rotatable bonds is 7. The van der Waals surface area contributed by atoms with Crippen LogP contribution in [0.1, 0.15) is 36.0 Å². The zero-order valence-electron chi connectivity index (χ0n) is 15.1. The fourth-order valence-electron chi connectivity index (χ4n) is 3.16. The Labute approximate surface area is 158 Å². The van der Waals surface area contributed by atoms with Gasteiger partial charge in [0, 0.05) is 26.2 Å². The molecule has 148 valence electrons. The summed E-state index contributed by atoms with van der Waals surface area (Å²) in [6.07, 6.45) is 3.56. The van der Waals surface area contributed by atoms with Crippen molar-refractivity contribution in [3.8, 4) is 0 Å². The molecule has 2 fully saturated rings. The fraction of sp³-hybridized carbons (Fsp3) is 0.556. The van der Waals surface area contributed by atoms with Crippen LogP contribution >= 0.6 is 0 Å². The van der Waals surface area contributed by atoms with Gasteiger partial charge in [-0.25, -0.2) is 13.2 Å². The van der Waals surface area contributed by atoms with Gasteiger partial charge in [-0.3, -0.25) is 4.79 Å². The normalized spacial score (nSPS) is 20.5. The van der Waals surface area contributed by atoms with Crippen molar-refractivity contribution in [3.63, 3.8) is 0 Å². The lowest BCUT2D eigenvalue weighted by Crippen LogP contribution is -2.34. The molecule has 1 amide bonds. The molecule has 1 atom stereocenters. The highest BCUT2D eigenvalue weighted by molar-refractivity contribution is 7.89. The van der Waals surface area contributed by atoms with Gasteiger partial charge in [0.2, 0.25) is 10.0 Å². The third-order valence-corrected chi connectivity index (χ3v) is 6.55. The van der Waals surface area contributed by atoms with Crippen LogP contribution in [0.3, 0.4) is 0 Å². The van der Waals surface area contributed by atoms with E-state index in [1.165, 1.54) is 28.6 Å². The molecule has 2 saturated heterocycles. The van der Waals surface area contributed by atoms with Crippen LogP contribution in [0.2, 0.25) is 0 Å². The quantitative estimate of drug-likeness (QED) is 0.688. The molecule has 27 heavy (non-hydrogen) atoms. The Bertz CT molecular complexity index is 783. The first-order valence-corrected chi connectivity index (χ1v) is 10.6. The lowest BCUT2D eigenvalue weighted by Gasteiger charge is -2.16. The zero-order valence-corrected chi connectivity index (χ0v) is 15.9. The molecule has 1 aromatic rings. The topological polar surface area (TPSA) is 102 Å². The molecule has 0 aliphatic carbocycles. The Kier molecular flexibility index (Phi) is 6.46. The number of benzene rings is 1. The van der Waals surface area contributed by atoms with Crippen molar-refractivity contribution in [3.05, 3.63) is 29.8 Å². The second-order valence-electron chi connectivity index (χ2n) is 6.65. The second kappa shape index (κ2) is 8.81. The maximum absolute atomic E-state index is 12.6. The van der Waals surface area contributed by atoms with Crippen LogP contribution in [0.4, 0.5) is 0 Å². The van der Waals surface area contributed by atoms with Gasteiger partial charge < -0.3 is 14.8 Å². The van der Waals surface area contributed by atoms with Crippen molar-refractivity contribution >= 4 is 21.9 Å². The smallest absolute Gasteiger partial charge is 0.338 e. The SMILES string of the molecule is O=C(COC(=O)c1cccc(S(=O)(=O)N2CCCC2)c1)NC[C@H]1CCCO1. The first kappa shape index (κ1) is 19.8. The van der Waals surface area contributed by atoms with Crippen LogP contribution in [0.15, 0.2) is 29.2 Å². The molecule has 0 unspecified atom stereocenters. The van der Waals surface area contributed by atoms with Crippen molar-refractivity contribution in [1.82, 2.24) is 9.62 Å². The molecular weight excluding hydrogens is 372 g/mol. The van der Waals surface area contributed by atoms with Crippen molar-refractivity contribution in [1.29, 1.82) is 0 Å². The summed E-state index contributed by atoms with van der Waals surface area (Å²) in [4.78, 5) is 24.0. The van der Waals surface area contributed by atoms with Crippen LogP contribution in [-0.4, -0.2) is 63.6 Å². The first-order valence-electron chi connectivity index (χ1n) is 9.12. The van der Waals surface area contributed by atoms with E-state index in [1.54, 1.807) is 0 Å². The van der Waals surface area contributed by atoms with Gasteiger partial charge in [-0.1, -0.05) is 6.07 Å². The summed E-state index contributed by atoms with van der Waals surface area (Å²) in [7, 11) is -3.61. The average molecular weight is 396 g/mol. The predicted octanol–water partition coefficient (Wildman–Crippen LogP) is 0.923. The lowest BCUT2D eigenvalue weighted by atomic mass is 10.2. The van der Waals surface area contributed by atoms with Crippen molar-refractivity contribution in [2.24, 2.45) is 0 Å². The summed E-state index contributed by atoms with van der Waals surface area (Å²) in [6, 6.07) is 5.71. The van der Waals surface area contributed by atoms with E-state index in [-0.39, 0.29) is 16.6 Å². The number of nitrogens with zero attached hydrogens (tertiary/aromatic N) is 1. The van der Waals surface area contributed by atoms with E-state index in [2.05, 4.69) is 5.32 Å². The second-order valence-corrected chi connectivity index (χ2v) is 8.59. The third kappa shape index (κ3) is 5.06. The van der Waals surface area contributed by atoms with E-state index in [1.807, 2.05) is 0 Å². The molecule has 1 N–H and O–H groups in total. The van der Waals surface area contributed by atoms with Crippen LogP contribution in [-0.2, 0) is 24.3 Å². The highest BCUT2D eigenvalue weighted by atomic mass is 32.2. The number of nitrogens with one attached hydrogen (secondary N) is 1. The molecule has 8 nitrogen and oxygen atoms in total. The molecule has 2 aliphatic rings. The van der Waals surface area contributed by atoms with E-state index in [9.17, 15) is 18.0 Å². The lowest BCUT2D eigenvalue weighted by molar-refractivity contribution is -0.124. The molecule has 1 aromatic carbocycles. The third-order valence-electron chi connectivity index (χ3n) is 4.66. The van der Waals surface area contributed by atoms with E-state index in [4.69, 9.17) is 9.47 Å². The minimum Gasteiger partial charge on any atom is -0.452 e. The highest BCUT2D eigenvalue weighted by Crippen LogP contribution is 2.21. The molecule has 0 bridgehead atoms. The number of carbonyl (C=O) groups excluding carboxylic acids is 2. The number of hydrogen-bond acceptors (Lipinski definition) is 6. The fourth-order valence-corrected chi connectivity index (χ4v) is 4.72. The van der Waals surface area contributed by atoms with Crippen molar-refractivity contribution < 1.29 is 27.5 Å².